The number of hydrogen-bond acceptors (Lipinski definition) is 5. The first kappa shape index (κ1) is 21.7. The molecule has 0 aromatic heterocycles. The summed E-state index contributed by atoms with van der Waals surface area (Å²) >= 11 is 0. The topological polar surface area (TPSA) is 96.0 Å². The molecule has 1 aromatic rings. The Bertz CT molecular complexity index is 834. The average molecular weight is 424 g/mol. The number of sulfonamides is 1. The number of nitrogens with one attached hydrogen (secondary N) is 1. The molecule has 2 fully saturated rings. The van der Waals surface area contributed by atoms with Crippen molar-refractivity contribution < 1.29 is 22.7 Å². The molecule has 9 heteroatoms. The van der Waals surface area contributed by atoms with Gasteiger partial charge in [0.05, 0.1) is 19.0 Å². The molecule has 1 N–H and O–H groups in total. The minimum absolute atomic E-state index is 0.0812. The summed E-state index contributed by atoms with van der Waals surface area (Å²) < 4.78 is 32.7. The molecule has 0 bridgehead atoms. The van der Waals surface area contributed by atoms with E-state index in [0.717, 1.165) is 11.1 Å². The van der Waals surface area contributed by atoms with Gasteiger partial charge in [-0.15, -0.1) is 0 Å². The van der Waals surface area contributed by atoms with Crippen LogP contribution in [0, 0.1) is 6.92 Å². The third-order valence-electron chi connectivity index (χ3n) is 5.49. The predicted molar refractivity (Wildman–Crippen MR) is 109 cm³/mol. The summed E-state index contributed by atoms with van der Waals surface area (Å²) in [5.41, 5.74) is 2.05. The molecule has 0 spiro atoms. The number of nitrogens with zero attached hydrogens (tertiary/aromatic N) is 2. The van der Waals surface area contributed by atoms with Crippen molar-refractivity contribution in [2.45, 2.75) is 38.8 Å². The minimum atomic E-state index is -3.61. The van der Waals surface area contributed by atoms with Gasteiger partial charge >= 0.3 is 0 Å². The van der Waals surface area contributed by atoms with Gasteiger partial charge in [0.1, 0.15) is 12.1 Å². The van der Waals surface area contributed by atoms with Crippen LogP contribution in [-0.4, -0.2) is 80.7 Å². The van der Waals surface area contributed by atoms with Crippen LogP contribution in [0.2, 0.25) is 0 Å². The number of carbonyl (C=O) groups is 2. The molecule has 0 radical (unpaired) electrons. The third kappa shape index (κ3) is 5.55. The van der Waals surface area contributed by atoms with Crippen molar-refractivity contribution in [3.8, 4) is 0 Å². The highest BCUT2D eigenvalue weighted by Gasteiger charge is 2.39. The first-order valence-corrected chi connectivity index (χ1v) is 11.6. The van der Waals surface area contributed by atoms with Crippen molar-refractivity contribution in [2.24, 2.45) is 0 Å². The number of amides is 2. The zero-order valence-electron chi connectivity index (χ0n) is 17.0. The number of likely N-dealkylation sites (tertiary alicyclic amines) is 1. The maximum Gasteiger partial charge on any atom is 0.245 e. The van der Waals surface area contributed by atoms with Gasteiger partial charge in [0, 0.05) is 19.6 Å². The van der Waals surface area contributed by atoms with E-state index < -0.39 is 22.1 Å². The summed E-state index contributed by atoms with van der Waals surface area (Å²) in [6.07, 6.45) is 0.746. The van der Waals surface area contributed by atoms with E-state index in [2.05, 4.69) is 4.72 Å². The van der Waals surface area contributed by atoms with Gasteiger partial charge in [-0.1, -0.05) is 29.8 Å². The molecule has 29 heavy (non-hydrogen) atoms. The largest absolute Gasteiger partial charge is 0.378 e. The molecular weight excluding hydrogens is 394 g/mol. The van der Waals surface area contributed by atoms with Gasteiger partial charge in [-0.2, -0.15) is 0 Å². The lowest BCUT2D eigenvalue weighted by Gasteiger charge is -2.32. The first-order chi connectivity index (χ1) is 13.8. The van der Waals surface area contributed by atoms with E-state index in [-0.39, 0.29) is 17.6 Å². The second kappa shape index (κ2) is 9.23. The average Bonchev–Trinajstić information content (AvgIpc) is 3.06. The second-order valence-corrected chi connectivity index (χ2v) is 9.53. The van der Waals surface area contributed by atoms with E-state index in [1.165, 1.54) is 4.90 Å². The van der Waals surface area contributed by atoms with Crippen LogP contribution in [0.25, 0.3) is 0 Å². The van der Waals surface area contributed by atoms with Gasteiger partial charge < -0.3 is 14.5 Å². The second-order valence-electron chi connectivity index (χ2n) is 7.66. The molecule has 0 aliphatic carbocycles. The molecular formula is C20H29N3O5S. The zero-order valence-corrected chi connectivity index (χ0v) is 17.8. The maximum absolute atomic E-state index is 12.7. The molecule has 1 unspecified atom stereocenters. The molecule has 3 rings (SSSR count). The van der Waals surface area contributed by atoms with Gasteiger partial charge in [-0.3, -0.25) is 9.59 Å². The van der Waals surface area contributed by atoms with Crippen molar-refractivity contribution in [1.29, 1.82) is 0 Å². The highest BCUT2D eigenvalue weighted by Crippen LogP contribution is 2.18. The molecule has 2 saturated heterocycles. The Balaban J connectivity index is 1.54. The summed E-state index contributed by atoms with van der Waals surface area (Å²) in [5.74, 6) is -0.537. The Morgan fingerprint density at radius 3 is 2.52 bits per heavy atom. The molecule has 2 heterocycles. The smallest absolute Gasteiger partial charge is 0.245 e. The lowest BCUT2D eigenvalue weighted by Crippen LogP contribution is -2.52. The lowest BCUT2D eigenvalue weighted by atomic mass is 10.1. The van der Waals surface area contributed by atoms with Crippen molar-refractivity contribution in [2.75, 3.05) is 38.6 Å². The Hall–Kier alpha value is -1.97. The summed E-state index contributed by atoms with van der Waals surface area (Å²) in [7, 11) is -3.61. The van der Waals surface area contributed by atoms with Gasteiger partial charge in [0.2, 0.25) is 21.8 Å². The van der Waals surface area contributed by atoms with Crippen LogP contribution in [0.5, 0.6) is 0 Å². The van der Waals surface area contributed by atoms with Crippen molar-refractivity contribution in [3.05, 3.63) is 35.4 Å². The van der Waals surface area contributed by atoms with E-state index >= 15 is 0 Å². The number of morpholine rings is 1. The normalized spacial score (nSPS) is 21.4. The standard InChI is InChI=1S/C20H29N3O5S/c1-15-3-5-17(6-4-15)8-14-29(26,27)21-18-7-9-23(20(18)25)16(2)19(24)22-10-12-28-13-11-22/h3-6,16,18,21H,7-14H2,1-2H3/t16-,18?/m0/s1. The van der Waals surface area contributed by atoms with E-state index in [0.29, 0.717) is 45.7 Å². The van der Waals surface area contributed by atoms with Crippen molar-refractivity contribution in [1.82, 2.24) is 14.5 Å². The summed E-state index contributed by atoms with van der Waals surface area (Å²) in [6, 6.07) is 6.29. The molecule has 1 aromatic carbocycles. The Labute approximate surface area is 172 Å². The number of hydrogen-bond donors (Lipinski definition) is 1. The Morgan fingerprint density at radius 1 is 1.21 bits per heavy atom. The number of ether oxygens (including phenoxy) is 1. The highest BCUT2D eigenvalue weighted by molar-refractivity contribution is 7.89. The minimum Gasteiger partial charge on any atom is -0.378 e. The molecule has 2 amide bonds. The van der Waals surface area contributed by atoms with Crippen molar-refractivity contribution in [3.63, 3.8) is 0 Å². The van der Waals surface area contributed by atoms with Crippen LogP contribution in [0.15, 0.2) is 24.3 Å². The van der Waals surface area contributed by atoms with Crippen molar-refractivity contribution >= 4 is 21.8 Å². The van der Waals surface area contributed by atoms with Gasteiger partial charge in [0.25, 0.3) is 0 Å². The van der Waals surface area contributed by atoms with E-state index in [4.69, 9.17) is 4.74 Å². The van der Waals surface area contributed by atoms with Crippen LogP contribution < -0.4 is 4.72 Å². The summed E-state index contributed by atoms with van der Waals surface area (Å²) in [5, 5.41) is 0. The number of rotatable bonds is 7. The van der Waals surface area contributed by atoms with Crippen LogP contribution in [0.1, 0.15) is 24.5 Å². The van der Waals surface area contributed by atoms with Crippen LogP contribution in [0.3, 0.4) is 0 Å². The van der Waals surface area contributed by atoms with Crippen LogP contribution in [0.4, 0.5) is 0 Å². The fourth-order valence-electron chi connectivity index (χ4n) is 3.66. The maximum atomic E-state index is 12.7. The molecule has 2 aliphatic heterocycles. The van der Waals surface area contributed by atoms with E-state index in [1.54, 1.807) is 11.8 Å². The van der Waals surface area contributed by atoms with Crippen LogP contribution >= 0.6 is 0 Å². The van der Waals surface area contributed by atoms with Gasteiger partial charge in [0.15, 0.2) is 0 Å². The van der Waals surface area contributed by atoms with Crippen LogP contribution in [-0.2, 0) is 30.8 Å². The number of aryl methyl sites for hydroxylation is 2. The Morgan fingerprint density at radius 2 is 1.86 bits per heavy atom. The number of benzene rings is 1. The van der Waals surface area contributed by atoms with E-state index in [9.17, 15) is 18.0 Å². The third-order valence-corrected chi connectivity index (χ3v) is 6.87. The van der Waals surface area contributed by atoms with E-state index in [1.807, 2.05) is 31.2 Å². The fourth-order valence-corrected chi connectivity index (χ4v) is 4.93. The quantitative estimate of drug-likeness (QED) is 0.681. The highest BCUT2D eigenvalue weighted by atomic mass is 32.2. The molecule has 0 saturated carbocycles. The molecule has 2 aliphatic rings. The lowest BCUT2D eigenvalue weighted by molar-refractivity contribution is -0.146. The molecule has 160 valence electrons. The SMILES string of the molecule is Cc1ccc(CCS(=O)(=O)NC2CCN([C@@H](C)C(=O)N3CCOCC3)C2=O)cc1. The summed E-state index contributed by atoms with van der Waals surface area (Å²) in [4.78, 5) is 28.5. The fraction of sp³-hybridized carbons (Fsp3) is 0.600. The molecule has 8 nitrogen and oxygen atoms in total. The van der Waals surface area contributed by atoms with Gasteiger partial charge in [-0.25, -0.2) is 13.1 Å². The monoisotopic (exact) mass is 423 g/mol. The Kier molecular flexibility index (Phi) is 6.92. The number of carbonyl (C=O) groups excluding carboxylic acids is 2. The summed E-state index contributed by atoms with van der Waals surface area (Å²) in [6.45, 7) is 6.06. The van der Waals surface area contributed by atoms with Gasteiger partial charge in [-0.05, 0) is 32.3 Å². The zero-order chi connectivity index (χ0) is 21.0. The first-order valence-electron chi connectivity index (χ1n) is 9.99. The predicted octanol–water partition coefficient (Wildman–Crippen LogP) is 0.305. The molecule has 2 atom stereocenters.